The number of anilines is 1. The first-order valence-corrected chi connectivity index (χ1v) is 5.56. The Morgan fingerprint density at radius 2 is 2.31 bits per heavy atom. The van der Waals surface area contributed by atoms with E-state index in [9.17, 15) is 4.79 Å². The molecule has 0 amide bonds. The van der Waals surface area contributed by atoms with Crippen molar-refractivity contribution in [3.63, 3.8) is 0 Å². The molecule has 16 heavy (non-hydrogen) atoms. The highest BCUT2D eigenvalue weighted by atomic mass is 16.4. The van der Waals surface area contributed by atoms with Crippen molar-refractivity contribution in [2.75, 3.05) is 5.32 Å². The van der Waals surface area contributed by atoms with Crippen LogP contribution < -0.4 is 5.32 Å². The summed E-state index contributed by atoms with van der Waals surface area (Å²) >= 11 is 0. The third-order valence-electron chi connectivity index (χ3n) is 3.13. The molecule has 0 saturated heterocycles. The minimum absolute atomic E-state index is 0.0141. The zero-order valence-electron chi connectivity index (χ0n) is 9.62. The molecule has 0 spiro atoms. The summed E-state index contributed by atoms with van der Waals surface area (Å²) in [4.78, 5) is 10.6. The Morgan fingerprint density at radius 3 is 2.81 bits per heavy atom. The Kier molecular flexibility index (Phi) is 2.66. The van der Waals surface area contributed by atoms with Crippen molar-refractivity contribution in [1.29, 1.82) is 0 Å². The number of carboxylic acids is 1. The molecular weight excluding hydrogens is 206 g/mol. The molecular formula is C12H17NO3. The predicted octanol–water partition coefficient (Wildman–Crippen LogP) is 2.97. The molecule has 1 aliphatic rings. The van der Waals surface area contributed by atoms with Gasteiger partial charge in [0.25, 0.3) is 0 Å². The highest BCUT2D eigenvalue weighted by molar-refractivity contribution is 5.84. The van der Waals surface area contributed by atoms with Gasteiger partial charge in [0.1, 0.15) is 0 Å². The summed E-state index contributed by atoms with van der Waals surface area (Å²) < 4.78 is 5.16. The molecule has 1 saturated carbocycles. The van der Waals surface area contributed by atoms with Crippen molar-refractivity contribution in [3.8, 4) is 0 Å². The number of carbonyl (C=O) groups is 1. The maximum absolute atomic E-state index is 10.6. The van der Waals surface area contributed by atoms with Crippen LogP contribution in [0.3, 0.4) is 0 Å². The Bertz CT molecular complexity index is 395. The third kappa shape index (κ3) is 2.38. The molecule has 1 aliphatic carbocycles. The summed E-state index contributed by atoms with van der Waals surface area (Å²) in [6.45, 7) is 4.50. The molecule has 1 atom stereocenters. The lowest BCUT2D eigenvalue weighted by molar-refractivity contribution is 0.0663. The zero-order chi connectivity index (χ0) is 11.8. The average molecular weight is 223 g/mol. The average Bonchev–Trinajstić information content (AvgIpc) is 2.73. The van der Waals surface area contributed by atoms with Crippen LogP contribution in [-0.4, -0.2) is 17.1 Å². The second-order valence-electron chi connectivity index (χ2n) is 5.22. The minimum Gasteiger partial charge on any atom is -0.475 e. The van der Waals surface area contributed by atoms with Gasteiger partial charge in [-0.25, -0.2) is 4.79 Å². The minimum atomic E-state index is -1.03. The summed E-state index contributed by atoms with van der Waals surface area (Å²) in [6, 6.07) is 3.54. The first-order valence-electron chi connectivity index (χ1n) is 5.56. The van der Waals surface area contributed by atoms with E-state index < -0.39 is 5.97 Å². The van der Waals surface area contributed by atoms with Crippen molar-refractivity contribution < 1.29 is 14.3 Å². The number of hydrogen-bond donors (Lipinski definition) is 2. The Balaban J connectivity index is 1.97. The third-order valence-corrected chi connectivity index (χ3v) is 3.13. The van der Waals surface area contributed by atoms with Crippen LogP contribution in [0.4, 0.5) is 5.88 Å². The quantitative estimate of drug-likeness (QED) is 0.826. The van der Waals surface area contributed by atoms with Crippen LogP contribution in [0.5, 0.6) is 0 Å². The van der Waals surface area contributed by atoms with Gasteiger partial charge in [0.05, 0.1) is 0 Å². The maximum Gasteiger partial charge on any atom is 0.371 e. The molecule has 1 aromatic rings. The second kappa shape index (κ2) is 3.85. The number of aromatic carboxylic acids is 1. The molecule has 1 unspecified atom stereocenters. The lowest BCUT2D eigenvalue weighted by Gasteiger charge is -2.17. The van der Waals surface area contributed by atoms with Gasteiger partial charge < -0.3 is 14.8 Å². The van der Waals surface area contributed by atoms with Crippen molar-refractivity contribution in [3.05, 3.63) is 17.9 Å². The van der Waals surface area contributed by atoms with E-state index in [0.717, 1.165) is 12.8 Å². The largest absolute Gasteiger partial charge is 0.475 e. The van der Waals surface area contributed by atoms with Crippen LogP contribution in [0, 0.1) is 5.41 Å². The standard InChI is InChI=1S/C12H17NO3/c1-12(2)6-5-8(7-12)13-10-4-3-9(16-10)11(14)15/h3-4,8,13H,5-7H2,1-2H3,(H,14,15). The number of rotatable bonds is 3. The fraction of sp³-hybridized carbons (Fsp3) is 0.583. The van der Waals surface area contributed by atoms with Gasteiger partial charge in [0.15, 0.2) is 5.88 Å². The van der Waals surface area contributed by atoms with E-state index in [1.54, 1.807) is 6.07 Å². The molecule has 1 aromatic heterocycles. The Labute approximate surface area is 94.6 Å². The van der Waals surface area contributed by atoms with Gasteiger partial charge in [-0.15, -0.1) is 0 Å². The molecule has 0 radical (unpaired) electrons. The predicted molar refractivity (Wildman–Crippen MR) is 60.7 cm³/mol. The van der Waals surface area contributed by atoms with Crippen molar-refractivity contribution in [1.82, 2.24) is 0 Å². The molecule has 1 heterocycles. The van der Waals surface area contributed by atoms with Crippen LogP contribution in [0.25, 0.3) is 0 Å². The van der Waals surface area contributed by atoms with E-state index in [1.807, 2.05) is 0 Å². The van der Waals surface area contributed by atoms with Gasteiger partial charge in [0, 0.05) is 12.1 Å². The molecule has 0 bridgehead atoms. The molecule has 2 rings (SSSR count). The summed E-state index contributed by atoms with van der Waals surface area (Å²) in [5.74, 6) is -0.486. The van der Waals surface area contributed by atoms with Gasteiger partial charge in [0.2, 0.25) is 5.76 Å². The monoisotopic (exact) mass is 223 g/mol. The Morgan fingerprint density at radius 1 is 1.56 bits per heavy atom. The Hall–Kier alpha value is -1.45. The molecule has 88 valence electrons. The number of hydrogen-bond acceptors (Lipinski definition) is 3. The van der Waals surface area contributed by atoms with E-state index in [4.69, 9.17) is 9.52 Å². The number of nitrogens with one attached hydrogen (secondary N) is 1. The van der Waals surface area contributed by atoms with E-state index >= 15 is 0 Å². The van der Waals surface area contributed by atoms with Gasteiger partial charge >= 0.3 is 5.97 Å². The summed E-state index contributed by atoms with van der Waals surface area (Å²) in [6.07, 6.45) is 3.39. The maximum atomic E-state index is 10.6. The van der Waals surface area contributed by atoms with Crippen LogP contribution in [-0.2, 0) is 0 Å². The molecule has 1 fully saturated rings. The van der Waals surface area contributed by atoms with E-state index in [-0.39, 0.29) is 5.76 Å². The SMILES string of the molecule is CC1(C)CCC(Nc2ccc(C(=O)O)o2)C1. The second-order valence-corrected chi connectivity index (χ2v) is 5.22. The van der Waals surface area contributed by atoms with Crippen molar-refractivity contribution in [2.24, 2.45) is 5.41 Å². The van der Waals surface area contributed by atoms with E-state index in [2.05, 4.69) is 19.2 Å². The molecule has 2 N–H and O–H groups in total. The summed E-state index contributed by atoms with van der Waals surface area (Å²) in [5, 5.41) is 12.0. The van der Waals surface area contributed by atoms with E-state index in [0.29, 0.717) is 17.3 Å². The normalized spacial score (nSPS) is 23.2. The first-order chi connectivity index (χ1) is 7.46. The van der Waals surface area contributed by atoms with Gasteiger partial charge in [-0.05, 0) is 30.7 Å². The van der Waals surface area contributed by atoms with E-state index in [1.165, 1.54) is 12.5 Å². The number of furan rings is 1. The van der Waals surface area contributed by atoms with Crippen molar-refractivity contribution >= 4 is 11.9 Å². The molecule has 0 aliphatic heterocycles. The molecule has 0 aromatic carbocycles. The number of carboxylic acid groups (broad SMARTS) is 1. The first kappa shape index (κ1) is 11.0. The summed E-state index contributed by atoms with van der Waals surface area (Å²) in [5.41, 5.74) is 0.375. The van der Waals surface area contributed by atoms with Crippen LogP contribution in [0.1, 0.15) is 43.7 Å². The van der Waals surface area contributed by atoms with Crippen LogP contribution >= 0.6 is 0 Å². The van der Waals surface area contributed by atoms with Gasteiger partial charge in [-0.1, -0.05) is 13.8 Å². The van der Waals surface area contributed by atoms with Gasteiger partial charge in [-0.3, -0.25) is 0 Å². The highest BCUT2D eigenvalue weighted by Gasteiger charge is 2.31. The van der Waals surface area contributed by atoms with Crippen molar-refractivity contribution in [2.45, 2.75) is 39.2 Å². The van der Waals surface area contributed by atoms with Crippen LogP contribution in [0.2, 0.25) is 0 Å². The molecule has 4 nitrogen and oxygen atoms in total. The lowest BCUT2D eigenvalue weighted by Crippen LogP contribution is -2.17. The molecule has 4 heteroatoms. The topological polar surface area (TPSA) is 62.5 Å². The highest BCUT2D eigenvalue weighted by Crippen LogP contribution is 2.38. The fourth-order valence-corrected chi connectivity index (χ4v) is 2.29. The lowest BCUT2D eigenvalue weighted by atomic mass is 9.92. The fourth-order valence-electron chi connectivity index (χ4n) is 2.29. The smallest absolute Gasteiger partial charge is 0.371 e. The zero-order valence-corrected chi connectivity index (χ0v) is 9.62. The van der Waals surface area contributed by atoms with Gasteiger partial charge in [-0.2, -0.15) is 0 Å². The van der Waals surface area contributed by atoms with Crippen LogP contribution in [0.15, 0.2) is 16.5 Å². The summed E-state index contributed by atoms with van der Waals surface area (Å²) in [7, 11) is 0.